The zero-order valence-corrected chi connectivity index (χ0v) is 18.2. The molecule has 6 nitrogen and oxygen atoms in total. The zero-order chi connectivity index (χ0) is 19.9. The second kappa shape index (κ2) is 10.5. The maximum absolute atomic E-state index is 12.7. The Bertz CT molecular complexity index is 732. The zero-order valence-electron chi connectivity index (χ0n) is 16.5. The first-order valence-electron chi connectivity index (χ1n) is 9.66. The molecule has 1 N–H and O–H groups in total. The summed E-state index contributed by atoms with van der Waals surface area (Å²) in [4.78, 5) is 17.1. The van der Waals surface area contributed by atoms with Gasteiger partial charge in [0, 0.05) is 31.5 Å². The Morgan fingerprint density at radius 2 is 1.93 bits per heavy atom. The molecule has 1 aliphatic heterocycles. The SMILES string of the molecule is CCCN(CCC)CCNS(=O)(=O)c1ccc2c(c1)N(C(C)=O)CCCS2. The standard InChI is InChI=1S/C19H31N3O3S2/c1-4-10-21(11-5-2)13-9-20-27(24,25)17-7-8-19-18(15-17)22(16(3)23)12-6-14-26-19/h7-8,15,20H,4-6,9-14H2,1-3H3. The van der Waals surface area contributed by atoms with Crippen molar-refractivity contribution in [3.05, 3.63) is 18.2 Å². The molecular formula is C19H31N3O3S2. The van der Waals surface area contributed by atoms with Gasteiger partial charge >= 0.3 is 0 Å². The van der Waals surface area contributed by atoms with E-state index in [2.05, 4.69) is 23.5 Å². The maximum Gasteiger partial charge on any atom is 0.240 e. The molecule has 1 amide bonds. The molecule has 1 aromatic rings. The average Bonchev–Trinajstić information content (AvgIpc) is 2.83. The minimum atomic E-state index is -3.60. The number of hydrogen-bond acceptors (Lipinski definition) is 5. The summed E-state index contributed by atoms with van der Waals surface area (Å²) >= 11 is 1.67. The smallest absolute Gasteiger partial charge is 0.240 e. The molecule has 0 aromatic heterocycles. The molecule has 0 atom stereocenters. The van der Waals surface area contributed by atoms with Crippen LogP contribution in [-0.4, -0.2) is 57.7 Å². The average molecular weight is 414 g/mol. The molecular weight excluding hydrogens is 382 g/mol. The second-order valence-electron chi connectivity index (χ2n) is 6.74. The number of hydrogen-bond donors (Lipinski definition) is 1. The van der Waals surface area contributed by atoms with E-state index >= 15 is 0 Å². The molecule has 0 unspecified atom stereocenters. The van der Waals surface area contributed by atoms with Crippen LogP contribution in [0.25, 0.3) is 0 Å². The van der Waals surface area contributed by atoms with E-state index in [9.17, 15) is 13.2 Å². The summed E-state index contributed by atoms with van der Waals surface area (Å²) < 4.78 is 28.2. The Morgan fingerprint density at radius 3 is 2.56 bits per heavy atom. The maximum atomic E-state index is 12.7. The third-order valence-electron chi connectivity index (χ3n) is 4.50. The summed E-state index contributed by atoms with van der Waals surface area (Å²) in [7, 11) is -3.60. The van der Waals surface area contributed by atoms with Gasteiger partial charge in [0.2, 0.25) is 15.9 Å². The second-order valence-corrected chi connectivity index (χ2v) is 9.65. The first-order valence-corrected chi connectivity index (χ1v) is 12.1. The number of nitrogens with one attached hydrogen (secondary N) is 1. The van der Waals surface area contributed by atoms with Crippen LogP contribution in [0.5, 0.6) is 0 Å². The van der Waals surface area contributed by atoms with E-state index in [0.29, 0.717) is 25.3 Å². The van der Waals surface area contributed by atoms with E-state index < -0.39 is 10.0 Å². The van der Waals surface area contributed by atoms with Gasteiger partial charge in [0.05, 0.1) is 10.6 Å². The van der Waals surface area contributed by atoms with Crippen LogP contribution in [0.1, 0.15) is 40.0 Å². The summed E-state index contributed by atoms with van der Waals surface area (Å²) in [5, 5.41) is 0. The highest BCUT2D eigenvalue weighted by molar-refractivity contribution is 7.99. The molecule has 1 aliphatic rings. The van der Waals surface area contributed by atoms with E-state index in [1.807, 2.05) is 6.07 Å². The van der Waals surface area contributed by atoms with Gasteiger partial charge in [0.25, 0.3) is 0 Å². The van der Waals surface area contributed by atoms with E-state index in [0.717, 1.165) is 43.0 Å². The fourth-order valence-corrected chi connectivity index (χ4v) is 5.25. The quantitative estimate of drug-likeness (QED) is 0.674. The lowest BCUT2D eigenvalue weighted by molar-refractivity contribution is -0.116. The Kier molecular flexibility index (Phi) is 8.60. The van der Waals surface area contributed by atoms with Crippen LogP contribution >= 0.6 is 11.8 Å². The number of carbonyl (C=O) groups excluding carboxylic acids is 1. The number of carbonyl (C=O) groups is 1. The lowest BCUT2D eigenvalue weighted by atomic mass is 10.2. The van der Waals surface area contributed by atoms with Crippen LogP contribution in [0, 0.1) is 0 Å². The van der Waals surface area contributed by atoms with Crippen molar-refractivity contribution in [1.29, 1.82) is 0 Å². The van der Waals surface area contributed by atoms with Crippen molar-refractivity contribution in [3.63, 3.8) is 0 Å². The monoisotopic (exact) mass is 413 g/mol. The predicted molar refractivity (Wildman–Crippen MR) is 112 cm³/mol. The van der Waals surface area contributed by atoms with Crippen LogP contribution in [0.3, 0.4) is 0 Å². The highest BCUT2D eigenvalue weighted by atomic mass is 32.2. The van der Waals surface area contributed by atoms with Crippen LogP contribution < -0.4 is 9.62 Å². The molecule has 0 aliphatic carbocycles. The minimum absolute atomic E-state index is 0.0592. The van der Waals surface area contributed by atoms with Crippen molar-refractivity contribution in [3.8, 4) is 0 Å². The van der Waals surface area contributed by atoms with Gasteiger partial charge in [-0.25, -0.2) is 13.1 Å². The van der Waals surface area contributed by atoms with Crippen LogP contribution in [0.15, 0.2) is 28.0 Å². The molecule has 0 spiro atoms. The molecule has 1 aromatic carbocycles. The molecule has 0 saturated carbocycles. The van der Waals surface area contributed by atoms with Crippen molar-refractivity contribution in [2.45, 2.75) is 49.8 Å². The molecule has 0 radical (unpaired) electrons. The summed E-state index contributed by atoms with van der Waals surface area (Å²) in [6.45, 7) is 9.41. The normalized spacial score (nSPS) is 14.9. The van der Waals surface area contributed by atoms with Crippen molar-refractivity contribution in [1.82, 2.24) is 9.62 Å². The molecule has 0 bridgehead atoms. The van der Waals surface area contributed by atoms with Crippen molar-refractivity contribution >= 4 is 33.4 Å². The van der Waals surface area contributed by atoms with Crippen LogP contribution in [0.4, 0.5) is 5.69 Å². The number of benzene rings is 1. The van der Waals surface area contributed by atoms with Gasteiger partial charge in [-0.1, -0.05) is 13.8 Å². The third kappa shape index (κ3) is 6.20. The number of thioether (sulfide) groups is 1. The summed E-state index contributed by atoms with van der Waals surface area (Å²) in [5.74, 6) is 0.863. The predicted octanol–water partition coefficient (Wildman–Crippen LogP) is 2.94. The number of fused-ring (bicyclic) bond motifs is 1. The Hall–Kier alpha value is -1.09. The number of anilines is 1. The molecule has 2 rings (SSSR count). The van der Waals surface area contributed by atoms with E-state index in [4.69, 9.17) is 0 Å². The van der Waals surface area contributed by atoms with Crippen molar-refractivity contribution in [2.75, 3.05) is 43.4 Å². The largest absolute Gasteiger partial charge is 0.311 e. The van der Waals surface area contributed by atoms with Gasteiger partial charge in [-0.3, -0.25) is 4.79 Å². The Morgan fingerprint density at radius 1 is 1.22 bits per heavy atom. The number of amides is 1. The molecule has 1 heterocycles. The van der Waals surface area contributed by atoms with Crippen LogP contribution in [0.2, 0.25) is 0 Å². The summed E-state index contributed by atoms with van der Waals surface area (Å²) in [6.07, 6.45) is 3.00. The first-order chi connectivity index (χ1) is 12.9. The van der Waals surface area contributed by atoms with Gasteiger partial charge in [-0.2, -0.15) is 0 Å². The molecule has 0 saturated heterocycles. The van der Waals surface area contributed by atoms with Gasteiger partial charge in [0.15, 0.2) is 0 Å². The Labute approximate surface area is 167 Å². The van der Waals surface area contributed by atoms with Crippen LogP contribution in [-0.2, 0) is 14.8 Å². The number of sulfonamides is 1. The molecule has 152 valence electrons. The fourth-order valence-electron chi connectivity index (χ4n) is 3.24. The van der Waals surface area contributed by atoms with Gasteiger partial charge in [0.1, 0.15) is 0 Å². The van der Waals surface area contributed by atoms with Gasteiger partial charge in [-0.05, 0) is 56.3 Å². The highest BCUT2D eigenvalue weighted by Crippen LogP contribution is 2.35. The summed E-state index contributed by atoms with van der Waals surface area (Å²) in [6, 6.07) is 5.08. The van der Waals surface area contributed by atoms with Gasteiger partial charge < -0.3 is 9.80 Å². The lowest BCUT2D eigenvalue weighted by Crippen LogP contribution is -2.36. The van der Waals surface area contributed by atoms with Gasteiger partial charge in [-0.15, -0.1) is 11.8 Å². The molecule has 27 heavy (non-hydrogen) atoms. The van der Waals surface area contributed by atoms with Crippen molar-refractivity contribution in [2.24, 2.45) is 0 Å². The van der Waals surface area contributed by atoms with E-state index in [-0.39, 0.29) is 10.8 Å². The highest BCUT2D eigenvalue weighted by Gasteiger charge is 2.22. The van der Waals surface area contributed by atoms with Crippen molar-refractivity contribution < 1.29 is 13.2 Å². The third-order valence-corrected chi connectivity index (χ3v) is 7.10. The minimum Gasteiger partial charge on any atom is -0.311 e. The number of rotatable bonds is 9. The lowest BCUT2D eigenvalue weighted by Gasteiger charge is -2.22. The van der Waals surface area contributed by atoms with E-state index in [1.54, 1.807) is 28.8 Å². The number of nitrogens with zero attached hydrogens (tertiary/aromatic N) is 2. The first kappa shape index (κ1) is 22.2. The fraction of sp³-hybridized carbons (Fsp3) is 0.632. The summed E-state index contributed by atoms with van der Waals surface area (Å²) in [5.41, 5.74) is 0.700. The van der Waals surface area contributed by atoms with E-state index in [1.165, 1.54) is 6.92 Å². The Balaban J connectivity index is 2.13. The molecule has 0 fully saturated rings. The topological polar surface area (TPSA) is 69.7 Å². The molecule has 8 heteroatoms.